The highest BCUT2D eigenvalue weighted by Gasteiger charge is 2.46. The molecular formula is C12H14F3N3S. The largest absolute Gasteiger partial charge is 0.433 e. The lowest BCUT2D eigenvalue weighted by Gasteiger charge is -2.14. The molecule has 1 atom stereocenters. The van der Waals surface area contributed by atoms with E-state index in [1.54, 1.807) is 0 Å². The van der Waals surface area contributed by atoms with Gasteiger partial charge in [0.15, 0.2) is 0 Å². The molecule has 104 valence electrons. The second kappa shape index (κ2) is 4.33. The minimum atomic E-state index is -4.48. The second-order valence-electron chi connectivity index (χ2n) is 5.34. The molecule has 1 aliphatic carbocycles. The van der Waals surface area contributed by atoms with Crippen LogP contribution in [0, 0.1) is 5.41 Å². The predicted molar refractivity (Wildman–Crippen MR) is 70.9 cm³/mol. The lowest BCUT2D eigenvalue weighted by atomic mass is 10.2. The number of rotatable bonds is 3. The van der Waals surface area contributed by atoms with Gasteiger partial charge in [0, 0.05) is 6.04 Å². The van der Waals surface area contributed by atoms with Crippen molar-refractivity contribution in [3.63, 3.8) is 0 Å². The molecule has 1 aromatic rings. The number of thiocarbonyl (C=S) groups is 1. The minimum absolute atomic E-state index is 0.0298. The van der Waals surface area contributed by atoms with Gasteiger partial charge in [-0.15, -0.1) is 0 Å². The van der Waals surface area contributed by atoms with Crippen LogP contribution in [0.5, 0.6) is 0 Å². The summed E-state index contributed by atoms with van der Waals surface area (Å²) in [6.45, 7) is 4.05. The maximum Gasteiger partial charge on any atom is 0.433 e. The standard InChI is InChI=1S/C12H14F3N3S/c1-11(2)5-8(11)18-10-6(9(16)19)3-4-7(17-10)12(13,14)15/h3-4,8H,5H2,1-2H3,(H2,16,19)(H,17,18). The lowest BCUT2D eigenvalue weighted by molar-refractivity contribution is -0.141. The van der Waals surface area contributed by atoms with Gasteiger partial charge in [-0.2, -0.15) is 13.2 Å². The zero-order chi connectivity index (χ0) is 14.4. The van der Waals surface area contributed by atoms with Crippen molar-refractivity contribution in [1.82, 2.24) is 4.98 Å². The van der Waals surface area contributed by atoms with Gasteiger partial charge in [0.2, 0.25) is 0 Å². The summed E-state index contributed by atoms with van der Waals surface area (Å²) in [5.74, 6) is 0.109. The zero-order valence-electron chi connectivity index (χ0n) is 10.5. The Morgan fingerprint density at radius 3 is 2.47 bits per heavy atom. The van der Waals surface area contributed by atoms with E-state index in [4.69, 9.17) is 18.0 Å². The molecule has 0 amide bonds. The SMILES string of the molecule is CC1(C)CC1Nc1nc(C(F)(F)F)ccc1C(N)=S. The van der Waals surface area contributed by atoms with Gasteiger partial charge in [-0.3, -0.25) is 0 Å². The Labute approximate surface area is 114 Å². The van der Waals surface area contributed by atoms with Crippen molar-refractivity contribution in [2.45, 2.75) is 32.5 Å². The van der Waals surface area contributed by atoms with Crippen molar-refractivity contribution in [3.05, 3.63) is 23.4 Å². The number of hydrogen-bond donors (Lipinski definition) is 2. The van der Waals surface area contributed by atoms with Gasteiger partial charge >= 0.3 is 6.18 Å². The highest BCUT2D eigenvalue weighted by Crippen LogP contribution is 2.46. The first kappa shape index (κ1) is 14.0. The van der Waals surface area contributed by atoms with Crippen molar-refractivity contribution < 1.29 is 13.2 Å². The highest BCUT2D eigenvalue weighted by atomic mass is 32.1. The van der Waals surface area contributed by atoms with Crippen LogP contribution in [0.1, 0.15) is 31.5 Å². The number of nitrogens with two attached hydrogens (primary N) is 1. The van der Waals surface area contributed by atoms with Gasteiger partial charge < -0.3 is 11.1 Å². The summed E-state index contributed by atoms with van der Waals surface area (Å²) >= 11 is 4.83. The van der Waals surface area contributed by atoms with Crippen LogP contribution < -0.4 is 11.1 Å². The third kappa shape index (κ3) is 2.97. The van der Waals surface area contributed by atoms with Gasteiger partial charge in [0.05, 0.1) is 5.56 Å². The summed E-state index contributed by atoms with van der Waals surface area (Å²) in [6, 6.07) is 2.24. The number of halogens is 3. The molecule has 0 aliphatic heterocycles. The summed E-state index contributed by atoms with van der Waals surface area (Å²) in [6.07, 6.45) is -3.61. The molecule has 1 aliphatic rings. The van der Waals surface area contributed by atoms with Crippen molar-refractivity contribution in [3.8, 4) is 0 Å². The van der Waals surface area contributed by atoms with E-state index in [2.05, 4.69) is 10.3 Å². The molecule has 7 heteroatoms. The molecule has 1 unspecified atom stereocenters. The Morgan fingerprint density at radius 1 is 1.47 bits per heavy atom. The van der Waals surface area contributed by atoms with E-state index in [9.17, 15) is 13.2 Å². The molecule has 1 aromatic heterocycles. The van der Waals surface area contributed by atoms with Gasteiger partial charge in [-0.25, -0.2) is 4.98 Å². The number of aromatic nitrogens is 1. The molecule has 0 radical (unpaired) electrons. The van der Waals surface area contributed by atoms with Gasteiger partial charge in [-0.05, 0) is 24.0 Å². The topological polar surface area (TPSA) is 50.9 Å². The van der Waals surface area contributed by atoms with Crippen LogP contribution in [0.2, 0.25) is 0 Å². The van der Waals surface area contributed by atoms with Crippen molar-refractivity contribution >= 4 is 23.0 Å². The molecule has 1 heterocycles. The van der Waals surface area contributed by atoms with Crippen LogP contribution >= 0.6 is 12.2 Å². The minimum Gasteiger partial charge on any atom is -0.389 e. The first-order valence-corrected chi connectivity index (χ1v) is 6.17. The number of nitrogens with one attached hydrogen (secondary N) is 1. The van der Waals surface area contributed by atoms with Crippen LogP contribution in [0.15, 0.2) is 12.1 Å². The lowest BCUT2D eigenvalue weighted by Crippen LogP contribution is -2.19. The Kier molecular flexibility index (Phi) is 3.20. The zero-order valence-corrected chi connectivity index (χ0v) is 11.3. The molecule has 2 rings (SSSR count). The van der Waals surface area contributed by atoms with E-state index in [1.807, 2.05) is 13.8 Å². The van der Waals surface area contributed by atoms with Crippen molar-refractivity contribution in [2.24, 2.45) is 11.1 Å². The summed E-state index contributed by atoms with van der Waals surface area (Å²) in [4.78, 5) is 3.64. The smallest absolute Gasteiger partial charge is 0.389 e. The van der Waals surface area contributed by atoms with E-state index in [0.717, 1.165) is 12.5 Å². The molecule has 3 N–H and O–H groups in total. The van der Waals surface area contributed by atoms with E-state index in [0.29, 0.717) is 5.56 Å². The Balaban J connectivity index is 2.34. The van der Waals surface area contributed by atoms with Crippen LogP contribution in [0.25, 0.3) is 0 Å². The van der Waals surface area contributed by atoms with Crippen LogP contribution in [-0.2, 0) is 6.18 Å². The fourth-order valence-corrected chi connectivity index (χ4v) is 1.97. The average molecular weight is 289 g/mol. The number of anilines is 1. The summed E-state index contributed by atoms with van der Waals surface area (Å²) in [7, 11) is 0. The van der Waals surface area contributed by atoms with Gasteiger partial charge in [0.25, 0.3) is 0 Å². The van der Waals surface area contributed by atoms with E-state index >= 15 is 0 Å². The maximum atomic E-state index is 12.7. The van der Waals surface area contributed by atoms with Gasteiger partial charge in [-0.1, -0.05) is 26.1 Å². The summed E-state index contributed by atoms with van der Waals surface area (Å²) in [5.41, 5.74) is 4.95. The van der Waals surface area contributed by atoms with E-state index in [-0.39, 0.29) is 22.3 Å². The molecule has 19 heavy (non-hydrogen) atoms. The molecule has 1 saturated carbocycles. The number of nitrogens with zero attached hydrogens (tertiary/aromatic N) is 1. The summed E-state index contributed by atoms with van der Waals surface area (Å²) in [5, 5.41) is 2.99. The third-order valence-electron chi connectivity index (χ3n) is 3.28. The molecule has 0 saturated heterocycles. The fraction of sp³-hybridized carbons (Fsp3) is 0.500. The van der Waals surface area contributed by atoms with Crippen molar-refractivity contribution in [2.75, 3.05) is 5.32 Å². The quantitative estimate of drug-likeness (QED) is 0.840. The average Bonchev–Trinajstić information content (AvgIpc) is 2.84. The third-order valence-corrected chi connectivity index (χ3v) is 3.50. The molecule has 1 fully saturated rings. The Morgan fingerprint density at radius 2 is 2.05 bits per heavy atom. The molecule has 0 spiro atoms. The first-order chi connectivity index (χ1) is 8.61. The molecule has 0 aromatic carbocycles. The number of pyridine rings is 1. The maximum absolute atomic E-state index is 12.7. The molecule has 0 bridgehead atoms. The van der Waals surface area contributed by atoms with Gasteiger partial charge in [0.1, 0.15) is 16.5 Å². The summed E-state index contributed by atoms with van der Waals surface area (Å²) < 4.78 is 38.0. The van der Waals surface area contributed by atoms with Crippen LogP contribution in [0.3, 0.4) is 0 Å². The molecular weight excluding hydrogens is 275 g/mol. The van der Waals surface area contributed by atoms with E-state index in [1.165, 1.54) is 6.07 Å². The number of alkyl halides is 3. The van der Waals surface area contributed by atoms with Crippen molar-refractivity contribution in [1.29, 1.82) is 0 Å². The molecule has 3 nitrogen and oxygen atoms in total. The van der Waals surface area contributed by atoms with Crippen LogP contribution in [0.4, 0.5) is 19.0 Å². The first-order valence-electron chi connectivity index (χ1n) is 5.76. The second-order valence-corrected chi connectivity index (χ2v) is 5.78. The predicted octanol–water partition coefficient (Wildman–Crippen LogP) is 2.95. The monoisotopic (exact) mass is 289 g/mol. The number of hydrogen-bond acceptors (Lipinski definition) is 3. The Bertz CT molecular complexity index is 525. The fourth-order valence-electron chi connectivity index (χ4n) is 1.80. The van der Waals surface area contributed by atoms with E-state index < -0.39 is 11.9 Å². The normalized spacial score (nSPS) is 21.0. The Hall–Kier alpha value is -1.37. The highest BCUT2D eigenvalue weighted by molar-refractivity contribution is 7.80. The van der Waals surface area contributed by atoms with Crippen LogP contribution in [-0.4, -0.2) is 16.0 Å².